The minimum Gasteiger partial charge on any atom is -0.207 e. The van der Waals surface area contributed by atoms with Crippen LogP contribution in [0.2, 0.25) is 0 Å². The third kappa shape index (κ3) is 3.32. The molecule has 0 saturated carbocycles. The fraction of sp³-hybridized carbons (Fsp3) is 0. The average molecular weight is 351 g/mol. The van der Waals surface area contributed by atoms with Gasteiger partial charge in [0.1, 0.15) is 0 Å². The Kier molecular flexibility index (Phi) is 4.11. The highest BCUT2D eigenvalue weighted by Gasteiger charge is 2.21. The number of halogens is 2. The zero-order valence-corrected chi connectivity index (χ0v) is 13.0. The van der Waals surface area contributed by atoms with Crippen molar-refractivity contribution in [3.63, 3.8) is 0 Å². The molecule has 0 unspecified atom stereocenters. The standard InChI is InChI=1S/C12H8Cl2O4S2/c13-19(15,16)10-6-7-11(9-4-2-1-3-5-9)12(8-10)20(14,17)18/h1-8H. The predicted octanol–water partition coefficient (Wildman–Crippen LogP) is 3.21. The molecule has 2 aromatic carbocycles. The molecule has 0 fully saturated rings. The van der Waals surface area contributed by atoms with Gasteiger partial charge >= 0.3 is 0 Å². The second kappa shape index (κ2) is 5.37. The highest BCUT2D eigenvalue weighted by molar-refractivity contribution is 8.14. The molecule has 106 valence electrons. The molecule has 0 amide bonds. The van der Waals surface area contributed by atoms with Gasteiger partial charge in [0.05, 0.1) is 9.79 Å². The molecule has 4 nitrogen and oxygen atoms in total. The maximum atomic E-state index is 11.6. The molecular formula is C12H8Cl2O4S2. The molecule has 0 saturated heterocycles. The molecule has 0 spiro atoms. The van der Waals surface area contributed by atoms with Gasteiger partial charge in [0.2, 0.25) is 0 Å². The Hall–Kier alpha value is -1.08. The van der Waals surface area contributed by atoms with Gasteiger partial charge in [-0.2, -0.15) is 0 Å². The van der Waals surface area contributed by atoms with Gasteiger partial charge in [-0.15, -0.1) is 0 Å². The van der Waals surface area contributed by atoms with E-state index in [4.69, 9.17) is 21.4 Å². The van der Waals surface area contributed by atoms with Crippen molar-refractivity contribution in [1.82, 2.24) is 0 Å². The predicted molar refractivity (Wildman–Crippen MR) is 78.0 cm³/mol. The summed E-state index contributed by atoms with van der Waals surface area (Å²) in [6, 6.07) is 12.2. The van der Waals surface area contributed by atoms with Crippen LogP contribution in [0.5, 0.6) is 0 Å². The number of hydrogen-bond acceptors (Lipinski definition) is 4. The van der Waals surface area contributed by atoms with Crippen LogP contribution in [0.3, 0.4) is 0 Å². The molecule has 0 aliphatic heterocycles. The molecule has 2 rings (SSSR count). The van der Waals surface area contributed by atoms with E-state index >= 15 is 0 Å². The molecule has 8 heteroatoms. The minimum atomic E-state index is -4.12. The third-order valence-corrected chi connectivity index (χ3v) is 5.30. The van der Waals surface area contributed by atoms with Gasteiger partial charge in [0, 0.05) is 26.9 Å². The van der Waals surface area contributed by atoms with E-state index in [1.807, 2.05) is 0 Å². The second-order valence-corrected chi connectivity index (χ2v) is 9.00. The van der Waals surface area contributed by atoms with Crippen molar-refractivity contribution in [3.8, 4) is 11.1 Å². The Labute approximate surface area is 125 Å². The summed E-state index contributed by atoms with van der Waals surface area (Å²) in [4.78, 5) is -0.620. The van der Waals surface area contributed by atoms with E-state index in [1.165, 1.54) is 12.1 Å². The van der Waals surface area contributed by atoms with Crippen LogP contribution in [-0.4, -0.2) is 16.8 Å². The molecule has 0 bridgehead atoms. The van der Waals surface area contributed by atoms with Crippen LogP contribution >= 0.6 is 21.4 Å². The summed E-state index contributed by atoms with van der Waals surface area (Å²) >= 11 is 0. The van der Waals surface area contributed by atoms with Crippen molar-refractivity contribution in [1.29, 1.82) is 0 Å². The molecule has 0 aliphatic carbocycles. The average Bonchev–Trinajstić information content (AvgIpc) is 2.37. The van der Waals surface area contributed by atoms with Crippen molar-refractivity contribution in [2.45, 2.75) is 9.79 Å². The Balaban J connectivity index is 2.78. The normalized spacial score (nSPS) is 12.3. The highest BCUT2D eigenvalue weighted by Crippen LogP contribution is 2.32. The fourth-order valence-corrected chi connectivity index (χ4v) is 3.66. The van der Waals surface area contributed by atoms with E-state index in [-0.39, 0.29) is 9.79 Å². The van der Waals surface area contributed by atoms with Crippen molar-refractivity contribution < 1.29 is 16.8 Å². The summed E-state index contributed by atoms with van der Waals surface area (Å²) in [7, 11) is 2.43. The van der Waals surface area contributed by atoms with Crippen molar-refractivity contribution in [3.05, 3.63) is 48.5 Å². The zero-order valence-electron chi connectivity index (χ0n) is 9.82. The first kappa shape index (κ1) is 15.3. The number of hydrogen-bond donors (Lipinski definition) is 0. The van der Waals surface area contributed by atoms with Gasteiger partial charge in [0.15, 0.2) is 0 Å². The topological polar surface area (TPSA) is 68.3 Å². The molecule has 0 atom stereocenters. The van der Waals surface area contributed by atoms with Gasteiger partial charge in [-0.25, -0.2) is 16.8 Å². The van der Waals surface area contributed by atoms with Gasteiger partial charge < -0.3 is 0 Å². The first-order chi connectivity index (χ1) is 9.19. The molecule has 0 heterocycles. The lowest BCUT2D eigenvalue weighted by Crippen LogP contribution is -1.99. The number of rotatable bonds is 3. The highest BCUT2D eigenvalue weighted by atomic mass is 35.7. The smallest absolute Gasteiger partial charge is 0.207 e. The summed E-state index contributed by atoms with van der Waals surface area (Å²) < 4.78 is 45.8. The van der Waals surface area contributed by atoms with Crippen LogP contribution in [0.25, 0.3) is 11.1 Å². The van der Waals surface area contributed by atoms with Gasteiger partial charge in [-0.3, -0.25) is 0 Å². The summed E-state index contributed by atoms with van der Waals surface area (Å²) in [5, 5.41) is 0. The fourth-order valence-electron chi connectivity index (χ4n) is 1.71. The summed E-state index contributed by atoms with van der Waals surface area (Å²) in [5.74, 6) is 0. The van der Waals surface area contributed by atoms with Gasteiger partial charge in [-0.1, -0.05) is 36.4 Å². The van der Waals surface area contributed by atoms with E-state index < -0.39 is 18.1 Å². The molecule has 0 aromatic heterocycles. The Bertz CT molecular complexity index is 844. The van der Waals surface area contributed by atoms with Crippen LogP contribution < -0.4 is 0 Å². The van der Waals surface area contributed by atoms with E-state index in [2.05, 4.69) is 0 Å². The van der Waals surface area contributed by atoms with Crippen LogP contribution in [0.1, 0.15) is 0 Å². The largest absolute Gasteiger partial charge is 0.261 e. The van der Waals surface area contributed by atoms with Crippen LogP contribution in [0.4, 0.5) is 0 Å². The van der Waals surface area contributed by atoms with E-state index in [0.717, 1.165) is 6.07 Å². The number of benzene rings is 2. The molecule has 0 aliphatic rings. The third-order valence-electron chi connectivity index (χ3n) is 2.58. The Morgan fingerprint density at radius 1 is 0.750 bits per heavy atom. The molecule has 0 radical (unpaired) electrons. The van der Waals surface area contributed by atoms with E-state index in [9.17, 15) is 16.8 Å². The van der Waals surface area contributed by atoms with Crippen molar-refractivity contribution >= 4 is 39.5 Å². The summed E-state index contributed by atoms with van der Waals surface area (Å²) in [5.41, 5.74) is 0.912. The second-order valence-electron chi connectivity index (χ2n) is 3.90. The zero-order chi connectivity index (χ0) is 15.0. The quantitative estimate of drug-likeness (QED) is 0.797. The molecular weight excluding hydrogens is 343 g/mol. The van der Waals surface area contributed by atoms with Crippen molar-refractivity contribution in [2.24, 2.45) is 0 Å². The monoisotopic (exact) mass is 350 g/mol. The van der Waals surface area contributed by atoms with Gasteiger partial charge in [-0.05, 0) is 17.7 Å². The van der Waals surface area contributed by atoms with Gasteiger partial charge in [0.25, 0.3) is 18.1 Å². The Morgan fingerprint density at radius 3 is 1.85 bits per heavy atom. The lowest BCUT2D eigenvalue weighted by atomic mass is 10.1. The maximum Gasteiger partial charge on any atom is 0.261 e. The summed E-state index contributed by atoms with van der Waals surface area (Å²) in [6.07, 6.45) is 0. The molecule has 20 heavy (non-hydrogen) atoms. The lowest BCUT2D eigenvalue weighted by Gasteiger charge is -2.08. The minimum absolute atomic E-state index is 0.299. The molecule has 2 aromatic rings. The molecule has 0 N–H and O–H groups in total. The van der Waals surface area contributed by atoms with Crippen molar-refractivity contribution in [2.75, 3.05) is 0 Å². The summed E-state index contributed by atoms with van der Waals surface area (Å²) in [6.45, 7) is 0. The van der Waals surface area contributed by atoms with E-state index in [1.54, 1.807) is 30.3 Å². The SMILES string of the molecule is O=S(=O)(Cl)c1ccc(-c2ccccc2)c(S(=O)(=O)Cl)c1. The van der Waals surface area contributed by atoms with Crippen LogP contribution in [0, 0.1) is 0 Å². The maximum absolute atomic E-state index is 11.6. The first-order valence-electron chi connectivity index (χ1n) is 5.28. The van der Waals surface area contributed by atoms with Crippen LogP contribution in [0.15, 0.2) is 58.3 Å². The lowest BCUT2D eigenvalue weighted by molar-refractivity contribution is 0.608. The van der Waals surface area contributed by atoms with E-state index in [0.29, 0.717) is 11.1 Å². The van der Waals surface area contributed by atoms with Crippen LogP contribution in [-0.2, 0) is 18.1 Å². The first-order valence-corrected chi connectivity index (χ1v) is 9.90. The Morgan fingerprint density at radius 2 is 1.35 bits per heavy atom.